The summed E-state index contributed by atoms with van der Waals surface area (Å²) in [4.78, 5) is 24.0. The molecule has 0 radical (unpaired) electrons. The molecule has 1 amide bonds. The molecular weight excluding hydrogens is 360 g/mol. The van der Waals surface area contributed by atoms with Crippen molar-refractivity contribution >= 4 is 39.9 Å². The third-order valence-corrected chi connectivity index (χ3v) is 5.43. The summed E-state index contributed by atoms with van der Waals surface area (Å²) in [6, 6.07) is 9.61. The van der Waals surface area contributed by atoms with Crippen LogP contribution in [0.15, 0.2) is 36.5 Å². The Morgan fingerprint density at radius 1 is 1.15 bits per heavy atom. The first-order chi connectivity index (χ1) is 13.0. The van der Waals surface area contributed by atoms with Crippen LogP contribution in [0.25, 0.3) is 11.0 Å². The number of pyridine rings is 2. The van der Waals surface area contributed by atoms with Gasteiger partial charge in [0.25, 0.3) is 5.91 Å². The smallest absolute Gasteiger partial charge is 0.257 e. The number of carbonyl (C=O) groups is 1. The number of amides is 1. The van der Waals surface area contributed by atoms with Gasteiger partial charge in [-0.05, 0) is 56.5 Å². The van der Waals surface area contributed by atoms with Crippen molar-refractivity contribution in [2.45, 2.75) is 26.7 Å². The summed E-state index contributed by atoms with van der Waals surface area (Å²) >= 11 is 6.29. The Morgan fingerprint density at radius 3 is 2.70 bits per heavy atom. The molecule has 0 spiro atoms. The quantitative estimate of drug-likeness (QED) is 0.703. The molecule has 1 aliphatic heterocycles. The molecule has 0 saturated carbocycles. The standard InChI is InChI=1S/C21H21ClN4O/c1-13-8-9-15-19(25-18-7-5-6-17(22)14(18)2)16(12-23-20(15)24-13)21(27)26-10-3-4-11-26/h5-9,12H,3-4,10-11H2,1-2H3,(H,23,24,25). The third kappa shape index (κ3) is 3.35. The number of nitrogens with zero attached hydrogens (tertiary/aromatic N) is 3. The van der Waals surface area contributed by atoms with Gasteiger partial charge >= 0.3 is 0 Å². The average molecular weight is 381 g/mol. The predicted molar refractivity (Wildman–Crippen MR) is 109 cm³/mol. The highest BCUT2D eigenvalue weighted by atomic mass is 35.5. The fraction of sp³-hybridized carbons (Fsp3) is 0.286. The molecule has 1 N–H and O–H groups in total. The molecule has 2 aromatic heterocycles. The Balaban J connectivity index is 1.87. The number of aromatic nitrogens is 2. The van der Waals surface area contributed by atoms with E-state index in [4.69, 9.17) is 11.6 Å². The zero-order chi connectivity index (χ0) is 19.0. The maximum Gasteiger partial charge on any atom is 0.257 e. The Bertz CT molecular complexity index is 1030. The van der Waals surface area contributed by atoms with Gasteiger partial charge in [-0.3, -0.25) is 4.79 Å². The molecular formula is C21H21ClN4O. The van der Waals surface area contributed by atoms with Gasteiger partial charge in [0.15, 0.2) is 5.65 Å². The second kappa shape index (κ2) is 7.16. The van der Waals surface area contributed by atoms with Gasteiger partial charge < -0.3 is 10.2 Å². The Labute approximate surface area is 163 Å². The molecule has 0 bridgehead atoms. The average Bonchev–Trinajstić information content (AvgIpc) is 3.19. The van der Waals surface area contributed by atoms with Crippen LogP contribution in [-0.2, 0) is 0 Å². The summed E-state index contributed by atoms with van der Waals surface area (Å²) in [5, 5.41) is 4.94. The van der Waals surface area contributed by atoms with Gasteiger partial charge in [-0.15, -0.1) is 0 Å². The van der Waals surface area contributed by atoms with E-state index in [1.165, 1.54) is 0 Å². The highest BCUT2D eigenvalue weighted by Gasteiger charge is 2.24. The van der Waals surface area contributed by atoms with Gasteiger partial charge in [-0.2, -0.15) is 0 Å². The number of benzene rings is 1. The van der Waals surface area contributed by atoms with E-state index >= 15 is 0 Å². The minimum atomic E-state index is 0.00431. The van der Waals surface area contributed by atoms with Crippen LogP contribution in [0.2, 0.25) is 5.02 Å². The number of halogens is 1. The highest BCUT2D eigenvalue weighted by molar-refractivity contribution is 6.31. The van der Waals surface area contributed by atoms with Crippen LogP contribution < -0.4 is 5.32 Å². The maximum absolute atomic E-state index is 13.1. The Kier molecular flexibility index (Phi) is 4.70. The van der Waals surface area contributed by atoms with Crippen LogP contribution in [0.1, 0.15) is 34.5 Å². The fourth-order valence-electron chi connectivity index (χ4n) is 3.44. The van der Waals surface area contributed by atoms with Crippen LogP contribution in [0.5, 0.6) is 0 Å². The molecule has 4 rings (SSSR count). The number of carbonyl (C=O) groups excluding carboxylic acids is 1. The molecule has 138 valence electrons. The zero-order valence-corrected chi connectivity index (χ0v) is 16.2. The van der Waals surface area contributed by atoms with Gasteiger partial charge in [-0.1, -0.05) is 17.7 Å². The zero-order valence-electron chi connectivity index (χ0n) is 15.4. The minimum Gasteiger partial charge on any atom is -0.354 e. The summed E-state index contributed by atoms with van der Waals surface area (Å²) in [5.74, 6) is 0.00431. The van der Waals surface area contributed by atoms with E-state index in [-0.39, 0.29) is 5.91 Å². The SMILES string of the molecule is Cc1ccc2c(Nc3cccc(Cl)c3C)c(C(=O)N3CCCC3)cnc2n1. The van der Waals surface area contributed by atoms with Crippen LogP contribution in [0, 0.1) is 13.8 Å². The molecule has 3 aromatic rings. The van der Waals surface area contributed by atoms with Crippen molar-refractivity contribution in [2.75, 3.05) is 18.4 Å². The topological polar surface area (TPSA) is 58.1 Å². The molecule has 1 saturated heterocycles. The molecule has 0 atom stereocenters. The second-order valence-electron chi connectivity index (χ2n) is 6.91. The molecule has 1 aliphatic rings. The number of nitrogens with one attached hydrogen (secondary N) is 1. The number of hydrogen-bond acceptors (Lipinski definition) is 4. The summed E-state index contributed by atoms with van der Waals surface area (Å²) in [5.41, 5.74) is 4.60. The Hall–Kier alpha value is -2.66. The van der Waals surface area contributed by atoms with Crippen molar-refractivity contribution in [3.8, 4) is 0 Å². The molecule has 27 heavy (non-hydrogen) atoms. The van der Waals surface area contributed by atoms with Crippen molar-refractivity contribution in [1.29, 1.82) is 0 Å². The molecule has 3 heterocycles. The van der Waals surface area contributed by atoms with Gasteiger partial charge in [0.05, 0.1) is 11.3 Å². The lowest BCUT2D eigenvalue weighted by Gasteiger charge is -2.20. The summed E-state index contributed by atoms with van der Waals surface area (Å²) < 4.78 is 0. The number of anilines is 2. The van der Waals surface area contributed by atoms with Crippen molar-refractivity contribution in [3.63, 3.8) is 0 Å². The van der Waals surface area contributed by atoms with Gasteiger partial charge in [0.2, 0.25) is 0 Å². The van der Waals surface area contributed by atoms with E-state index < -0.39 is 0 Å². The van der Waals surface area contributed by atoms with E-state index in [0.717, 1.165) is 53.9 Å². The largest absolute Gasteiger partial charge is 0.354 e. The van der Waals surface area contributed by atoms with Crippen molar-refractivity contribution < 1.29 is 4.79 Å². The monoisotopic (exact) mass is 380 g/mol. The van der Waals surface area contributed by atoms with Crippen molar-refractivity contribution in [1.82, 2.24) is 14.9 Å². The molecule has 1 fully saturated rings. The van der Waals surface area contributed by atoms with Gasteiger partial charge in [-0.25, -0.2) is 9.97 Å². The molecule has 0 aliphatic carbocycles. The number of hydrogen-bond donors (Lipinski definition) is 1. The van der Waals surface area contributed by atoms with E-state index in [0.29, 0.717) is 16.2 Å². The van der Waals surface area contributed by atoms with E-state index in [1.54, 1.807) is 6.20 Å². The van der Waals surface area contributed by atoms with E-state index in [2.05, 4.69) is 15.3 Å². The minimum absolute atomic E-state index is 0.00431. The molecule has 1 aromatic carbocycles. The predicted octanol–water partition coefficient (Wildman–Crippen LogP) is 4.88. The number of rotatable bonds is 3. The lowest BCUT2D eigenvalue weighted by atomic mass is 10.1. The van der Waals surface area contributed by atoms with Gasteiger partial charge in [0, 0.05) is 41.1 Å². The van der Waals surface area contributed by atoms with Gasteiger partial charge in [0.1, 0.15) is 0 Å². The number of fused-ring (bicyclic) bond motifs is 1. The third-order valence-electron chi connectivity index (χ3n) is 5.02. The second-order valence-corrected chi connectivity index (χ2v) is 7.31. The van der Waals surface area contributed by atoms with Crippen molar-refractivity contribution in [2.24, 2.45) is 0 Å². The summed E-state index contributed by atoms with van der Waals surface area (Å²) in [6.07, 6.45) is 3.73. The first-order valence-corrected chi connectivity index (χ1v) is 9.50. The maximum atomic E-state index is 13.1. The van der Waals surface area contributed by atoms with E-state index in [1.807, 2.05) is 49.1 Å². The Morgan fingerprint density at radius 2 is 1.93 bits per heavy atom. The lowest BCUT2D eigenvalue weighted by Crippen LogP contribution is -2.28. The van der Waals surface area contributed by atoms with Crippen LogP contribution >= 0.6 is 11.6 Å². The molecule has 5 nitrogen and oxygen atoms in total. The first kappa shape index (κ1) is 17.7. The first-order valence-electron chi connectivity index (χ1n) is 9.12. The fourth-order valence-corrected chi connectivity index (χ4v) is 3.61. The molecule has 6 heteroatoms. The summed E-state index contributed by atoms with van der Waals surface area (Å²) in [6.45, 7) is 5.47. The number of aryl methyl sites for hydroxylation is 1. The lowest BCUT2D eigenvalue weighted by molar-refractivity contribution is 0.0793. The van der Waals surface area contributed by atoms with Crippen LogP contribution in [-0.4, -0.2) is 33.9 Å². The van der Waals surface area contributed by atoms with Crippen LogP contribution in [0.4, 0.5) is 11.4 Å². The normalized spacial score (nSPS) is 14.0. The van der Waals surface area contributed by atoms with E-state index in [9.17, 15) is 4.79 Å². The summed E-state index contributed by atoms with van der Waals surface area (Å²) in [7, 11) is 0. The number of likely N-dealkylation sites (tertiary alicyclic amines) is 1. The molecule has 0 unspecified atom stereocenters. The van der Waals surface area contributed by atoms with Crippen LogP contribution in [0.3, 0.4) is 0 Å². The van der Waals surface area contributed by atoms with Crippen molar-refractivity contribution in [3.05, 3.63) is 58.4 Å². The highest BCUT2D eigenvalue weighted by Crippen LogP contribution is 2.33.